The SMILES string of the molecule is CN1CCN(CC(=O)N2CCN(c3ccc(OCC4CCCNC4)cc3)CC2)CC1. The van der Waals surface area contributed by atoms with Gasteiger partial charge in [-0.2, -0.15) is 0 Å². The number of benzene rings is 1. The molecule has 1 aromatic rings. The van der Waals surface area contributed by atoms with Gasteiger partial charge in [0.2, 0.25) is 5.91 Å². The highest BCUT2D eigenvalue weighted by Crippen LogP contribution is 2.22. The van der Waals surface area contributed by atoms with E-state index in [4.69, 9.17) is 4.74 Å². The van der Waals surface area contributed by atoms with Crippen molar-refractivity contribution in [2.24, 2.45) is 5.92 Å². The smallest absolute Gasteiger partial charge is 0.236 e. The summed E-state index contributed by atoms with van der Waals surface area (Å²) in [7, 11) is 2.14. The Labute approximate surface area is 180 Å². The van der Waals surface area contributed by atoms with Crippen molar-refractivity contribution >= 4 is 11.6 Å². The Morgan fingerprint density at radius 3 is 2.43 bits per heavy atom. The molecule has 1 amide bonds. The Balaban J connectivity index is 1.19. The van der Waals surface area contributed by atoms with Crippen molar-refractivity contribution in [2.75, 3.05) is 90.5 Å². The van der Waals surface area contributed by atoms with E-state index in [0.29, 0.717) is 12.5 Å². The first kappa shape index (κ1) is 21.4. The number of hydrogen-bond donors (Lipinski definition) is 1. The molecule has 0 spiro atoms. The van der Waals surface area contributed by atoms with Crippen LogP contribution in [0.3, 0.4) is 0 Å². The van der Waals surface area contributed by atoms with Crippen LogP contribution in [0.4, 0.5) is 5.69 Å². The van der Waals surface area contributed by atoms with Crippen molar-refractivity contribution in [3.63, 3.8) is 0 Å². The van der Waals surface area contributed by atoms with Crippen molar-refractivity contribution in [1.82, 2.24) is 20.0 Å². The summed E-state index contributed by atoms with van der Waals surface area (Å²) >= 11 is 0. The van der Waals surface area contributed by atoms with Crippen LogP contribution >= 0.6 is 0 Å². The van der Waals surface area contributed by atoms with E-state index in [-0.39, 0.29) is 5.91 Å². The van der Waals surface area contributed by atoms with Crippen LogP contribution in [-0.4, -0.2) is 106 Å². The van der Waals surface area contributed by atoms with Crippen molar-refractivity contribution < 1.29 is 9.53 Å². The van der Waals surface area contributed by atoms with Crippen molar-refractivity contribution in [2.45, 2.75) is 12.8 Å². The Bertz CT molecular complexity index is 661. The molecule has 1 atom stereocenters. The number of anilines is 1. The van der Waals surface area contributed by atoms with Gasteiger partial charge in [-0.05, 0) is 50.7 Å². The largest absolute Gasteiger partial charge is 0.493 e. The maximum Gasteiger partial charge on any atom is 0.236 e. The molecular weight excluding hydrogens is 378 g/mol. The Kier molecular flexibility index (Phi) is 7.47. The number of rotatable bonds is 6. The van der Waals surface area contributed by atoms with Crippen LogP contribution in [-0.2, 0) is 4.79 Å². The minimum Gasteiger partial charge on any atom is -0.493 e. The molecule has 3 aliphatic heterocycles. The van der Waals surface area contributed by atoms with Crippen LogP contribution in [0.1, 0.15) is 12.8 Å². The second-order valence-electron chi connectivity index (χ2n) is 8.96. The molecule has 3 aliphatic rings. The van der Waals surface area contributed by atoms with Crippen molar-refractivity contribution in [1.29, 1.82) is 0 Å². The molecule has 166 valence electrons. The molecule has 30 heavy (non-hydrogen) atoms. The minimum absolute atomic E-state index is 0.278. The van der Waals surface area contributed by atoms with Gasteiger partial charge in [-0.1, -0.05) is 0 Å². The fourth-order valence-corrected chi connectivity index (χ4v) is 4.54. The number of hydrogen-bond acceptors (Lipinski definition) is 6. The number of nitrogens with zero attached hydrogens (tertiary/aromatic N) is 4. The summed E-state index contributed by atoms with van der Waals surface area (Å²) in [5.41, 5.74) is 1.22. The van der Waals surface area contributed by atoms with Crippen LogP contribution in [0.25, 0.3) is 0 Å². The maximum absolute atomic E-state index is 12.7. The Morgan fingerprint density at radius 1 is 1.03 bits per heavy atom. The normalized spacial score (nSPS) is 24.1. The fraction of sp³-hybridized carbons (Fsp3) is 0.696. The van der Waals surface area contributed by atoms with E-state index in [0.717, 1.165) is 77.8 Å². The first-order valence-electron chi connectivity index (χ1n) is 11.5. The zero-order valence-corrected chi connectivity index (χ0v) is 18.4. The van der Waals surface area contributed by atoms with Crippen LogP contribution in [0, 0.1) is 5.92 Å². The van der Waals surface area contributed by atoms with Gasteiger partial charge in [-0.15, -0.1) is 0 Å². The van der Waals surface area contributed by atoms with Crippen LogP contribution in [0.15, 0.2) is 24.3 Å². The van der Waals surface area contributed by atoms with E-state index >= 15 is 0 Å². The standard InChI is InChI=1S/C23H37N5O2/c1-25-9-11-26(12-10-25)18-23(29)28-15-13-27(14-16-28)21-4-6-22(7-5-21)30-19-20-3-2-8-24-17-20/h4-7,20,24H,2-3,8-19H2,1H3. The number of piperazine rings is 2. The van der Waals surface area contributed by atoms with E-state index < -0.39 is 0 Å². The highest BCUT2D eigenvalue weighted by atomic mass is 16.5. The fourth-order valence-electron chi connectivity index (χ4n) is 4.54. The number of ether oxygens (including phenoxy) is 1. The molecule has 0 saturated carbocycles. The highest BCUT2D eigenvalue weighted by Gasteiger charge is 2.24. The second kappa shape index (κ2) is 10.5. The minimum atomic E-state index is 0.278. The summed E-state index contributed by atoms with van der Waals surface area (Å²) in [6, 6.07) is 8.46. The molecule has 3 heterocycles. The summed E-state index contributed by atoms with van der Waals surface area (Å²) in [6.45, 7) is 11.1. The predicted molar refractivity (Wildman–Crippen MR) is 120 cm³/mol. The number of carbonyl (C=O) groups is 1. The summed E-state index contributed by atoms with van der Waals surface area (Å²) in [6.07, 6.45) is 2.50. The lowest BCUT2D eigenvalue weighted by Gasteiger charge is -2.38. The number of carbonyl (C=O) groups excluding carboxylic acids is 1. The first-order chi connectivity index (χ1) is 14.7. The van der Waals surface area contributed by atoms with Crippen LogP contribution < -0.4 is 15.0 Å². The van der Waals surface area contributed by atoms with Gasteiger partial charge in [-0.3, -0.25) is 9.69 Å². The first-order valence-corrected chi connectivity index (χ1v) is 11.5. The van der Waals surface area contributed by atoms with Gasteiger partial charge in [0, 0.05) is 70.5 Å². The molecule has 1 unspecified atom stereocenters. The maximum atomic E-state index is 12.7. The van der Waals surface area contributed by atoms with Crippen molar-refractivity contribution in [3.05, 3.63) is 24.3 Å². The molecule has 1 aromatic carbocycles. The average molecular weight is 416 g/mol. The Morgan fingerprint density at radius 2 is 1.77 bits per heavy atom. The van der Waals surface area contributed by atoms with Gasteiger partial charge in [0.1, 0.15) is 5.75 Å². The zero-order chi connectivity index (χ0) is 20.8. The van der Waals surface area contributed by atoms with E-state index in [9.17, 15) is 4.79 Å². The average Bonchev–Trinajstić information content (AvgIpc) is 2.80. The summed E-state index contributed by atoms with van der Waals surface area (Å²) < 4.78 is 6.00. The third-order valence-corrected chi connectivity index (χ3v) is 6.67. The zero-order valence-electron chi connectivity index (χ0n) is 18.4. The Hall–Kier alpha value is -1.83. The summed E-state index contributed by atoms with van der Waals surface area (Å²) in [5, 5.41) is 3.44. The van der Waals surface area contributed by atoms with Crippen molar-refractivity contribution in [3.8, 4) is 5.75 Å². The second-order valence-corrected chi connectivity index (χ2v) is 8.96. The van der Waals surface area contributed by atoms with Gasteiger partial charge in [0.15, 0.2) is 0 Å². The molecule has 3 fully saturated rings. The number of nitrogens with one attached hydrogen (secondary N) is 1. The van der Waals surface area contributed by atoms with Gasteiger partial charge < -0.3 is 24.8 Å². The highest BCUT2D eigenvalue weighted by molar-refractivity contribution is 5.78. The number of likely N-dealkylation sites (N-methyl/N-ethyl adjacent to an activating group) is 1. The lowest BCUT2D eigenvalue weighted by molar-refractivity contribution is -0.133. The molecule has 3 saturated heterocycles. The van der Waals surface area contributed by atoms with E-state index in [1.54, 1.807) is 0 Å². The van der Waals surface area contributed by atoms with Gasteiger partial charge in [0.25, 0.3) is 0 Å². The molecule has 0 aromatic heterocycles. The summed E-state index contributed by atoms with van der Waals surface area (Å²) in [5.74, 6) is 1.85. The lowest BCUT2D eigenvalue weighted by atomic mass is 10.0. The lowest BCUT2D eigenvalue weighted by Crippen LogP contribution is -2.53. The van der Waals surface area contributed by atoms with E-state index in [1.807, 2.05) is 4.90 Å². The van der Waals surface area contributed by atoms with E-state index in [2.05, 4.69) is 51.3 Å². The van der Waals surface area contributed by atoms with Gasteiger partial charge in [0.05, 0.1) is 13.2 Å². The predicted octanol–water partition coefficient (Wildman–Crippen LogP) is 0.961. The number of piperidine rings is 1. The molecule has 0 radical (unpaired) electrons. The molecule has 0 bridgehead atoms. The third kappa shape index (κ3) is 5.86. The van der Waals surface area contributed by atoms with Crippen LogP contribution in [0.5, 0.6) is 5.75 Å². The molecule has 7 heteroatoms. The molecular formula is C23H37N5O2. The molecule has 0 aliphatic carbocycles. The monoisotopic (exact) mass is 415 g/mol. The van der Waals surface area contributed by atoms with Gasteiger partial charge in [-0.25, -0.2) is 0 Å². The summed E-state index contributed by atoms with van der Waals surface area (Å²) in [4.78, 5) is 21.7. The topological polar surface area (TPSA) is 51.3 Å². The van der Waals surface area contributed by atoms with Crippen LogP contribution in [0.2, 0.25) is 0 Å². The molecule has 4 rings (SSSR count). The molecule has 1 N–H and O–H groups in total. The molecule has 7 nitrogen and oxygen atoms in total. The van der Waals surface area contributed by atoms with E-state index in [1.165, 1.54) is 18.5 Å². The van der Waals surface area contributed by atoms with Gasteiger partial charge >= 0.3 is 0 Å². The quantitative estimate of drug-likeness (QED) is 0.747. The number of amides is 1. The third-order valence-electron chi connectivity index (χ3n) is 6.67.